The second-order valence-corrected chi connectivity index (χ2v) is 10.9. The van der Waals surface area contributed by atoms with Crippen molar-refractivity contribution in [2.75, 3.05) is 5.32 Å². The molecule has 2 N–H and O–H groups in total. The van der Waals surface area contributed by atoms with Crippen molar-refractivity contribution < 1.29 is 22.4 Å². The van der Waals surface area contributed by atoms with Crippen molar-refractivity contribution in [2.45, 2.75) is 24.9 Å². The maximum atomic E-state index is 13.4. The number of anilines is 1. The second kappa shape index (κ2) is 12.5. The summed E-state index contributed by atoms with van der Waals surface area (Å²) in [6.45, 7) is 1.84. The Bertz CT molecular complexity index is 1590. The molecule has 1 heterocycles. The summed E-state index contributed by atoms with van der Waals surface area (Å²) in [6.07, 6.45) is 1.22. The van der Waals surface area contributed by atoms with Crippen LogP contribution in [-0.2, 0) is 32.7 Å². The van der Waals surface area contributed by atoms with Crippen molar-refractivity contribution in [2.24, 2.45) is 5.10 Å². The van der Waals surface area contributed by atoms with Gasteiger partial charge in [-0.1, -0.05) is 60.1 Å². The van der Waals surface area contributed by atoms with Gasteiger partial charge in [0.05, 0.1) is 17.7 Å². The first kappa shape index (κ1) is 27.8. The molecule has 4 rings (SSSR count). The first-order valence-corrected chi connectivity index (χ1v) is 13.6. The molecule has 4 aromatic rings. The summed E-state index contributed by atoms with van der Waals surface area (Å²) in [5.41, 5.74) is 4.22. The van der Waals surface area contributed by atoms with E-state index in [1.54, 1.807) is 66.7 Å². The number of sulfonamides is 1. The number of hydrogen-bond donors (Lipinski definition) is 2. The van der Waals surface area contributed by atoms with E-state index in [4.69, 9.17) is 16.0 Å². The van der Waals surface area contributed by atoms with E-state index in [0.717, 1.165) is 11.1 Å². The zero-order valence-electron chi connectivity index (χ0n) is 20.9. The van der Waals surface area contributed by atoms with Gasteiger partial charge in [0.2, 0.25) is 10.0 Å². The number of carbonyl (C=O) groups excluding carboxylic acids is 2. The molecule has 0 unspecified atom stereocenters. The standard InChI is InChI=1S/C28H25ClN4O5S/c1-20-7-5-6-10-26(20)31-27(34)28(35)32-30-17-23-15-16-24(38-23)19-33(18-21-11-13-22(29)14-12-21)39(36,37)25-8-3-2-4-9-25/h2-17H,18-19H2,1H3,(H,31,34)(H,32,35)/b30-17+. The molecule has 9 nitrogen and oxygen atoms in total. The molecule has 0 saturated heterocycles. The number of halogens is 1. The molecule has 200 valence electrons. The number of nitrogens with one attached hydrogen (secondary N) is 2. The molecule has 0 radical (unpaired) electrons. The summed E-state index contributed by atoms with van der Waals surface area (Å²) in [5, 5.41) is 6.83. The molecule has 0 bridgehead atoms. The molecule has 0 aliphatic rings. The second-order valence-electron chi connectivity index (χ2n) is 8.48. The lowest BCUT2D eigenvalue weighted by atomic mass is 10.2. The third-order valence-electron chi connectivity index (χ3n) is 5.63. The molecule has 39 heavy (non-hydrogen) atoms. The van der Waals surface area contributed by atoms with Crippen LogP contribution in [0.4, 0.5) is 5.69 Å². The Morgan fingerprint density at radius 2 is 1.59 bits per heavy atom. The maximum absolute atomic E-state index is 13.4. The normalized spacial score (nSPS) is 11.6. The summed E-state index contributed by atoms with van der Waals surface area (Å²) in [6, 6.07) is 25.3. The third-order valence-corrected chi connectivity index (χ3v) is 7.68. The van der Waals surface area contributed by atoms with Crippen LogP contribution in [0.3, 0.4) is 0 Å². The van der Waals surface area contributed by atoms with Gasteiger partial charge >= 0.3 is 11.8 Å². The van der Waals surface area contributed by atoms with E-state index in [9.17, 15) is 18.0 Å². The highest BCUT2D eigenvalue weighted by Crippen LogP contribution is 2.22. The minimum Gasteiger partial charge on any atom is -0.459 e. The Balaban J connectivity index is 1.43. The van der Waals surface area contributed by atoms with E-state index < -0.39 is 21.8 Å². The molecule has 0 aliphatic carbocycles. The van der Waals surface area contributed by atoms with Gasteiger partial charge in [-0.2, -0.15) is 9.41 Å². The summed E-state index contributed by atoms with van der Waals surface area (Å²) in [7, 11) is -3.86. The molecule has 1 aromatic heterocycles. The number of amides is 2. The molecule has 0 atom stereocenters. The van der Waals surface area contributed by atoms with Crippen LogP contribution in [0.25, 0.3) is 0 Å². The van der Waals surface area contributed by atoms with Crippen LogP contribution in [0.2, 0.25) is 5.02 Å². The topological polar surface area (TPSA) is 121 Å². The van der Waals surface area contributed by atoms with Crippen molar-refractivity contribution in [3.8, 4) is 0 Å². The number of hydrazone groups is 1. The van der Waals surface area contributed by atoms with Crippen LogP contribution < -0.4 is 10.7 Å². The number of furan rings is 1. The number of para-hydroxylation sites is 1. The molecular formula is C28H25ClN4O5S. The fourth-order valence-electron chi connectivity index (χ4n) is 3.58. The van der Waals surface area contributed by atoms with Gasteiger partial charge < -0.3 is 9.73 Å². The Morgan fingerprint density at radius 3 is 2.31 bits per heavy atom. The lowest BCUT2D eigenvalue weighted by molar-refractivity contribution is -0.136. The molecule has 11 heteroatoms. The zero-order valence-corrected chi connectivity index (χ0v) is 22.4. The predicted octanol–water partition coefficient (Wildman–Crippen LogP) is 4.72. The summed E-state index contributed by atoms with van der Waals surface area (Å²) >= 11 is 5.98. The molecule has 0 fully saturated rings. The van der Waals surface area contributed by atoms with Crippen LogP contribution in [-0.4, -0.2) is 30.8 Å². The molecule has 2 amide bonds. The average Bonchev–Trinajstić information content (AvgIpc) is 3.38. The lowest BCUT2D eigenvalue weighted by Crippen LogP contribution is -2.32. The van der Waals surface area contributed by atoms with Gasteiger partial charge in [-0.25, -0.2) is 13.8 Å². The van der Waals surface area contributed by atoms with E-state index in [-0.39, 0.29) is 23.7 Å². The van der Waals surface area contributed by atoms with Gasteiger partial charge in [-0.05, 0) is 60.5 Å². The van der Waals surface area contributed by atoms with Crippen LogP contribution >= 0.6 is 11.6 Å². The van der Waals surface area contributed by atoms with Crippen LogP contribution in [0.5, 0.6) is 0 Å². The fraction of sp³-hybridized carbons (Fsp3) is 0.107. The average molecular weight is 565 g/mol. The van der Waals surface area contributed by atoms with Crippen LogP contribution in [0.15, 0.2) is 105 Å². The van der Waals surface area contributed by atoms with Gasteiger partial charge in [-0.15, -0.1) is 0 Å². The van der Waals surface area contributed by atoms with E-state index in [1.165, 1.54) is 22.7 Å². The van der Waals surface area contributed by atoms with Crippen molar-refractivity contribution in [1.82, 2.24) is 9.73 Å². The van der Waals surface area contributed by atoms with E-state index in [0.29, 0.717) is 16.5 Å². The molecule has 0 spiro atoms. The van der Waals surface area contributed by atoms with Gasteiger partial charge in [0, 0.05) is 17.3 Å². The van der Waals surface area contributed by atoms with Crippen molar-refractivity contribution in [1.29, 1.82) is 0 Å². The minimum atomic E-state index is -3.86. The number of rotatable bonds is 9. The highest BCUT2D eigenvalue weighted by Gasteiger charge is 2.26. The number of nitrogens with zero attached hydrogens (tertiary/aromatic N) is 2. The van der Waals surface area contributed by atoms with E-state index in [2.05, 4.69) is 15.8 Å². The molecular weight excluding hydrogens is 540 g/mol. The minimum absolute atomic E-state index is 0.0567. The maximum Gasteiger partial charge on any atom is 0.329 e. The first-order chi connectivity index (χ1) is 18.7. The molecule has 3 aromatic carbocycles. The Hall–Kier alpha value is -4.25. The number of aryl methyl sites for hydroxylation is 1. The predicted molar refractivity (Wildman–Crippen MR) is 149 cm³/mol. The smallest absolute Gasteiger partial charge is 0.329 e. The zero-order chi connectivity index (χ0) is 27.8. The van der Waals surface area contributed by atoms with Crippen molar-refractivity contribution in [3.63, 3.8) is 0 Å². The molecule has 0 aliphatic heterocycles. The SMILES string of the molecule is Cc1ccccc1NC(=O)C(=O)N/N=C/c1ccc(CN(Cc2ccc(Cl)cc2)S(=O)(=O)c2ccccc2)o1. The van der Waals surface area contributed by atoms with Crippen molar-refractivity contribution in [3.05, 3.63) is 119 Å². The monoisotopic (exact) mass is 564 g/mol. The number of carbonyl (C=O) groups is 2. The molecule has 0 saturated carbocycles. The van der Waals surface area contributed by atoms with E-state index in [1.807, 2.05) is 19.1 Å². The van der Waals surface area contributed by atoms with Gasteiger partial charge in [0.1, 0.15) is 11.5 Å². The Labute approximate surface area is 231 Å². The highest BCUT2D eigenvalue weighted by molar-refractivity contribution is 7.89. The summed E-state index contributed by atoms with van der Waals surface area (Å²) in [5.74, 6) is -1.21. The number of hydrogen-bond acceptors (Lipinski definition) is 6. The quantitative estimate of drug-likeness (QED) is 0.173. The fourth-order valence-corrected chi connectivity index (χ4v) is 5.12. The largest absolute Gasteiger partial charge is 0.459 e. The Morgan fingerprint density at radius 1 is 0.897 bits per heavy atom. The van der Waals surface area contributed by atoms with Gasteiger partial charge in [-0.3, -0.25) is 9.59 Å². The van der Waals surface area contributed by atoms with Crippen LogP contribution in [0, 0.1) is 6.92 Å². The summed E-state index contributed by atoms with van der Waals surface area (Å²) < 4.78 is 33.9. The summed E-state index contributed by atoms with van der Waals surface area (Å²) in [4.78, 5) is 24.4. The lowest BCUT2D eigenvalue weighted by Gasteiger charge is -2.21. The number of benzene rings is 3. The first-order valence-electron chi connectivity index (χ1n) is 11.8. The van der Waals surface area contributed by atoms with Crippen molar-refractivity contribution >= 4 is 45.3 Å². The van der Waals surface area contributed by atoms with Gasteiger partial charge in [0.15, 0.2) is 0 Å². The van der Waals surface area contributed by atoms with E-state index >= 15 is 0 Å². The van der Waals surface area contributed by atoms with Gasteiger partial charge in [0.25, 0.3) is 0 Å². The third kappa shape index (κ3) is 7.41. The Kier molecular flexibility index (Phi) is 8.92. The highest BCUT2D eigenvalue weighted by atomic mass is 35.5. The van der Waals surface area contributed by atoms with Crippen LogP contribution in [0.1, 0.15) is 22.6 Å².